The summed E-state index contributed by atoms with van der Waals surface area (Å²) in [6.07, 6.45) is 1.96. The fourth-order valence-corrected chi connectivity index (χ4v) is 2.13. The van der Waals surface area contributed by atoms with Gasteiger partial charge >= 0.3 is 0 Å². The second-order valence-corrected chi connectivity index (χ2v) is 4.64. The molecule has 0 aliphatic heterocycles. The molecule has 1 aromatic heterocycles. The molecular formula is C16H20N2. The van der Waals surface area contributed by atoms with Gasteiger partial charge in [-0.1, -0.05) is 42.8 Å². The van der Waals surface area contributed by atoms with Crippen LogP contribution >= 0.6 is 0 Å². The summed E-state index contributed by atoms with van der Waals surface area (Å²) in [5.41, 5.74) is 4.85. The van der Waals surface area contributed by atoms with E-state index in [0.717, 1.165) is 12.2 Å². The minimum atomic E-state index is 0.225. The lowest BCUT2D eigenvalue weighted by molar-refractivity contribution is 0.628. The predicted molar refractivity (Wildman–Crippen MR) is 75.7 cm³/mol. The Morgan fingerprint density at radius 3 is 2.56 bits per heavy atom. The molecule has 0 radical (unpaired) electrons. The van der Waals surface area contributed by atoms with Gasteiger partial charge in [0.05, 0.1) is 6.04 Å². The highest BCUT2D eigenvalue weighted by Gasteiger charge is 2.12. The van der Waals surface area contributed by atoms with Gasteiger partial charge < -0.3 is 5.32 Å². The summed E-state index contributed by atoms with van der Waals surface area (Å²) in [5.74, 6) is 0. The van der Waals surface area contributed by atoms with E-state index in [-0.39, 0.29) is 6.04 Å². The van der Waals surface area contributed by atoms with Crippen molar-refractivity contribution in [3.63, 3.8) is 0 Å². The molecule has 2 heteroatoms. The van der Waals surface area contributed by atoms with E-state index < -0.39 is 0 Å². The fourth-order valence-electron chi connectivity index (χ4n) is 2.13. The maximum absolute atomic E-state index is 4.39. The lowest BCUT2D eigenvalue weighted by Crippen LogP contribution is -2.22. The molecule has 2 rings (SSSR count). The van der Waals surface area contributed by atoms with Crippen LogP contribution in [0.4, 0.5) is 0 Å². The third-order valence-corrected chi connectivity index (χ3v) is 3.05. The van der Waals surface area contributed by atoms with Crippen LogP contribution in [0.1, 0.15) is 35.3 Å². The van der Waals surface area contributed by atoms with E-state index in [1.807, 2.05) is 13.1 Å². The lowest BCUT2D eigenvalue weighted by atomic mass is 9.98. The summed E-state index contributed by atoms with van der Waals surface area (Å²) in [6, 6.07) is 13.1. The fraction of sp³-hybridized carbons (Fsp3) is 0.312. The van der Waals surface area contributed by atoms with Crippen LogP contribution in [-0.4, -0.2) is 11.5 Å². The van der Waals surface area contributed by atoms with Gasteiger partial charge in [0.2, 0.25) is 0 Å². The molecule has 0 saturated heterocycles. The Morgan fingerprint density at radius 2 is 1.94 bits per heavy atom. The summed E-state index contributed by atoms with van der Waals surface area (Å²) < 4.78 is 0. The van der Waals surface area contributed by atoms with Gasteiger partial charge in [0, 0.05) is 11.9 Å². The van der Waals surface area contributed by atoms with E-state index in [4.69, 9.17) is 0 Å². The van der Waals surface area contributed by atoms with Gasteiger partial charge in [0.15, 0.2) is 0 Å². The Balaban J connectivity index is 2.36. The van der Waals surface area contributed by atoms with Crippen molar-refractivity contribution in [1.29, 1.82) is 0 Å². The van der Waals surface area contributed by atoms with Gasteiger partial charge in [-0.2, -0.15) is 0 Å². The van der Waals surface area contributed by atoms with E-state index in [1.54, 1.807) is 0 Å². The van der Waals surface area contributed by atoms with Gasteiger partial charge in [-0.25, -0.2) is 0 Å². The summed E-state index contributed by atoms with van der Waals surface area (Å²) in [6.45, 7) is 7.20. The van der Waals surface area contributed by atoms with Crippen molar-refractivity contribution in [3.8, 4) is 0 Å². The molecule has 0 amide bonds. The molecule has 1 unspecified atom stereocenters. The zero-order valence-electron chi connectivity index (χ0n) is 11.3. The second-order valence-electron chi connectivity index (χ2n) is 4.64. The molecule has 2 nitrogen and oxygen atoms in total. The molecule has 94 valence electrons. The van der Waals surface area contributed by atoms with Crippen LogP contribution in [0.15, 0.2) is 42.6 Å². The highest BCUT2D eigenvalue weighted by Crippen LogP contribution is 2.22. The quantitative estimate of drug-likeness (QED) is 0.886. The van der Waals surface area contributed by atoms with Crippen molar-refractivity contribution in [2.24, 2.45) is 0 Å². The molecule has 1 heterocycles. The van der Waals surface area contributed by atoms with Crippen molar-refractivity contribution in [2.45, 2.75) is 26.8 Å². The molecular weight excluding hydrogens is 220 g/mol. The number of aryl methyl sites for hydroxylation is 2. The molecule has 0 aliphatic carbocycles. The molecule has 0 spiro atoms. The van der Waals surface area contributed by atoms with Crippen molar-refractivity contribution < 1.29 is 0 Å². The minimum absolute atomic E-state index is 0.225. The number of aromatic nitrogens is 1. The maximum Gasteiger partial charge on any atom is 0.0591 e. The Bertz CT molecular complexity index is 503. The van der Waals surface area contributed by atoms with E-state index in [2.05, 4.69) is 60.5 Å². The summed E-state index contributed by atoms with van der Waals surface area (Å²) in [7, 11) is 0. The van der Waals surface area contributed by atoms with Crippen LogP contribution in [0.2, 0.25) is 0 Å². The molecule has 0 fully saturated rings. The lowest BCUT2D eigenvalue weighted by Gasteiger charge is -2.19. The first-order valence-corrected chi connectivity index (χ1v) is 6.43. The molecule has 0 aliphatic rings. The largest absolute Gasteiger partial charge is 0.306 e. The zero-order valence-corrected chi connectivity index (χ0v) is 11.3. The van der Waals surface area contributed by atoms with E-state index in [1.165, 1.54) is 16.7 Å². The predicted octanol–water partition coefficient (Wildman–Crippen LogP) is 3.40. The SMILES string of the molecule is CCNC(c1ccc(C)nc1)c1cccc(C)c1. The number of nitrogens with zero attached hydrogens (tertiary/aromatic N) is 1. The average molecular weight is 240 g/mol. The van der Waals surface area contributed by atoms with Crippen molar-refractivity contribution in [1.82, 2.24) is 10.3 Å². The molecule has 1 atom stereocenters. The first-order valence-electron chi connectivity index (χ1n) is 6.43. The molecule has 0 bridgehead atoms. The van der Waals surface area contributed by atoms with Crippen molar-refractivity contribution >= 4 is 0 Å². The second kappa shape index (κ2) is 5.78. The Kier molecular flexibility index (Phi) is 4.11. The average Bonchev–Trinajstić information content (AvgIpc) is 2.37. The maximum atomic E-state index is 4.39. The molecule has 0 saturated carbocycles. The number of nitrogens with one attached hydrogen (secondary N) is 1. The first-order chi connectivity index (χ1) is 8.70. The number of benzene rings is 1. The van der Waals surface area contributed by atoms with Crippen LogP contribution < -0.4 is 5.32 Å². The number of rotatable bonds is 4. The van der Waals surface area contributed by atoms with Gasteiger partial charge in [0.25, 0.3) is 0 Å². The van der Waals surface area contributed by atoms with Crippen molar-refractivity contribution in [3.05, 3.63) is 65.0 Å². The van der Waals surface area contributed by atoms with Gasteiger partial charge in [-0.05, 0) is 37.6 Å². The topological polar surface area (TPSA) is 24.9 Å². The van der Waals surface area contributed by atoms with Crippen LogP contribution in [0.25, 0.3) is 0 Å². The number of hydrogen-bond acceptors (Lipinski definition) is 2. The van der Waals surface area contributed by atoms with Crippen LogP contribution in [0.3, 0.4) is 0 Å². The Morgan fingerprint density at radius 1 is 1.11 bits per heavy atom. The third-order valence-electron chi connectivity index (χ3n) is 3.05. The Hall–Kier alpha value is -1.67. The smallest absolute Gasteiger partial charge is 0.0591 e. The Labute approximate surface area is 109 Å². The third kappa shape index (κ3) is 2.96. The summed E-state index contributed by atoms with van der Waals surface area (Å²) >= 11 is 0. The summed E-state index contributed by atoms with van der Waals surface area (Å²) in [4.78, 5) is 4.39. The van der Waals surface area contributed by atoms with Crippen LogP contribution in [-0.2, 0) is 0 Å². The highest BCUT2D eigenvalue weighted by atomic mass is 14.9. The van der Waals surface area contributed by atoms with Crippen molar-refractivity contribution in [2.75, 3.05) is 6.54 Å². The summed E-state index contributed by atoms with van der Waals surface area (Å²) in [5, 5.41) is 3.52. The molecule has 2 aromatic rings. The van der Waals surface area contributed by atoms with Crippen LogP contribution in [0.5, 0.6) is 0 Å². The van der Waals surface area contributed by atoms with Gasteiger partial charge in [-0.15, -0.1) is 0 Å². The van der Waals surface area contributed by atoms with Gasteiger partial charge in [0.1, 0.15) is 0 Å². The standard InChI is InChI=1S/C16H20N2/c1-4-17-16(14-7-5-6-12(2)10-14)15-9-8-13(3)18-11-15/h5-11,16-17H,4H2,1-3H3. The monoisotopic (exact) mass is 240 g/mol. The van der Waals surface area contributed by atoms with E-state index in [0.29, 0.717) is 0 Å². The van der Waals surface area contributed by atoms with Crippen LogP contribution in [0, 0.1) is 13.8 Å². The first kappa shape index (κ1) is 12.8. The van der Waals surface area contributed by atoms with E-state index >= 15 is 0 Å². The highest BCUT2D eigenvalue weighted by molar-refractivity contribution is 5.33. The van der Waals surface area contributed by atoms with Gasteiger partial charge in [-0.3, -0.25) is 4.98 Å². The zero-order chi connectivity index (χ0) is 13.0. The van der Waals surface area contributed by atoms with E-state index in [9.17, 15) is 0 Å². The normalized spacial score (nSPS) is 12.4. The molecule has 1 aromatic carbocycles. The molecule has 1 N–H and O–H groups in total. The molecule has 18 heavy (non-hydrogen) atoms. The minimum Gasteiger partial charge on any atom is -0.306 e. The number of pyridine rings is 1. The number of hydrogen-bond donors (Lipinski definition) is 1.